The number of hydrogen-bond donors (Lipinski definition) is 8. The molecule has 218 valence electrons. The Morgan fingerprint density at radius 3 is 1.95 bits per heavy atom. The normalized spacial score (nSPS) is 38.3. The smallest absolute Gasteiger partial charge is 0.394 e. The molecule has 2 rings (SSSR count). The molecule has 0 aliphatic carbocycles. The second-order valence-electron chi connectivity index (χ2n) is 9.11. The largest absolute Gasteiger partial charge is 0.474 e. The molecule has 2 heterocycles. The summed E-state index contributed by atoms with van der Waals surface area (Å²) >= 11 is 0. The molecule has 0 spiro atoms. The zero-order chi connectivity index (χ0) is 27.6. The molecule has 2 saturated heterocycles. The molecule has 0 saturated carbocycles. The Morgan fingerprint density at radius 2 is 1.32 bits per heavy atom. The van der Waals surface area contributed by atoms with Gasteiger partial charge < -0.3 is 54.8 Å². The first-order chi connectivity index (χ1) is 17.6. The minimum atomic E-state index is -4.71. The van der Waals surface area contributed by atoms with Gasteiger partial charge in [0.1, 0.15) is 48.8 Å². The summed E-state index contributed by atoms with van der Waals surface area (Å²) < 4.78 is 38.1. The predicted octanol–water partition coefficient (Wildman–Crippen LogP) is -1.34. The van der Waals surface area contributed by atoms with E-state index < -0.39 is 82.4 Å². The summed E-state index contributed by atoms with van der Waals surface area (Å²) in [6, 6.07) is 0. The van der Waals surface area contributed by atoms with Gasteiger partial charge in [-0.3, -0.25) is 9.05 Å². The molecule has 0 amide bonds. The Balaban J connectivity index is 1.87. The fourth-order valence-corrected chi connectivity index (χ4v) is 4.94. The molecule has 0 radical (unpaired) electrons. The van der Waals surface area contributed by atoms with Crippen molar-refractivity contribution in [3.05, 3.63) is 12.7 Å². The maximum Gasteiger partial charge on any atom is 0.474 e. The van der Waals surface area contributed by atoms with Crippen LogP contribution in [0.5, 0.6) is 0 Å². The Kier molecular flexibility index (Phi) is 14.0. The molecule has 0 aromatic heterocycles. The van der Waals surface area contributed by atoms with Crippen molar-refractivity contribution in [1.82, 2.24) is 0 Å². The number of phosphoric acid groups is 1. The third kappa shape index (κ3) is 9.55. The van der Waals surface area contributed by atoms with E-state index in [1.165, 1.54) is 0 Å². The zero-order valence-corrected chi connectivity index (χ0v) is 21.5. The molecule has 14 nitrogen and oxygen atoms in total. The summed E-state index contributed by atoms with van der Waals surface area (Å²) in [6.07, 6.45) is -8.69. The second kappa shape index (κ2) is 15.9. The molecule has 2 aliphatic heterocycles. The maximum atomic E-state index is 12.3. The van der Waals surface area contributed by atoms with E-state index in [1.54, 1.807) is 0 Å². The molecule has 0 bridgehead atoms. The van der Waals surface area contributed by atoms with Gasteiger partial charge in [0.15, 0.2) is 12.6 Å². The minimum absolute atomic E-state index is 0.0852. The van der Waals surface area contributed by atoms with Gasteiger partial charge in [0.25, 0.3) is 0 Å². The monoisotopic (exact) mass is 560 g/mol. The first-order valence-electron chi connectivity index (χ1n) is 12.4. The molecule has 2 fully saturated rings. The van der Waals surface area contributed by atoms with Crippen molar-refractivity contribution < 1.29 is 68.5 Å². The summed E-state index contributed by atoms with van der Waals surface area (Å²) in [6.45, 7) is 2.05. The van der Waals surface area contributed by atoms with Gasteiger partial charge in [-0.25, -0.2) is 4.57 Å². The van der Waals surface area contributed by atoms with E-state index in [1.807, 2.05) is 6.08 Å². The molecule has 8 N–H and O–H groups in total. The van der Waals surface area contributed by atoms with Crippen LogP contribution in [0.4, 0.5) is 0 Å². The Labute approximate surface area is 215 Å². The van der Waals surface area contributed by atoms with Crippen molar-refractivity contribution in [3.8, 4) is 0 Å². The number of rotatable bonds is 16. The summed E-state index contributed by atoms with van der Waals surface area (Å²) in [5.41, 5.74) is 0. The molecular formula is C22H41O14P. The lowest BCUT2D eigenvalue weighted by molar-refractivity contribution is -0.353. The highest BCUT2D eigenvalue weighted by molar-refractivity contribution is 7.47. The van der Waals surface area contributed by atoms with E-state index in [9.17, 15) is 45.2 Å². The van der Waals surface area contributed by atoms with Crippen LogP contribution in [0.3, 0.4) is 0 Å². The van der Waals surface area contributed by atoms with Crippen LogP contribution in [0, 0.1) is 0 Å². The highest BCUT2D eigenvalue weighted by Crippen LogP contribution is 2.47. The molecular weight excluding hydrogens is 519 g/mol. The van der Waals surface area contributed by atoms with Gasteiger partial charge in [-0.1, -0.05) is 31.8 Å². The first-order valence-corrected chi connectivity index (χ1v) is 13.9. The summed E-state index contributed by atoms with van der Waals surface area (Å²) in [7, 11) is -4.71. The minimum Gasteiger partial charge on any atom is -0.394 e. The molecule has 0 aromatic carbocycles. The molecule has 2 aliphatic rings. The van der Waals surface area contributed by atoms with Crippen molar-refractivity contribution in [2.45, 2.75) is 106 Å². The number of phosphoric ester groups is 1. The lowest BCUT2D eigenvalue weighted by Crippen LogP contribution is -2.64. The van der Waals surface area contributed by atoms with Crippen LogP contribution in [0.1, 0.15) is 44.9 Å². The van der Waals surface area contributed by atoms with Gasteiger partial charge in [-0.15, -0.1) is 6.58 Å². The quantitative estimate of drug-likeness (QED) is 0.0621. The average molecular weight is 561 g/mol. The SMILES string of the molecule is C=CCCCCCCCCOP(=O)(O)O[C@H]1O[C@H](CO)[C@@H](O[C@@H]2O[C@H](CO)[C@H](O)[C@H](O)[C@H]2O)[C@@H](O)[C@@H]1O. The average Bonchev–Trinajstić information content (AvgIpc) is 2.87. The van der Waals surface area contributed by atoms with Crippen LogP contribution >= 0.6 is 7.82 Å². The van der Waals surface area contributed by atoms with Crippen LogP contribution < -0.4 is 0 Å². The van der Waals surface area contributed by atoms with E-state index in [0.29, 0.717) is 6.42 Å². The van der Waals surface area contributed by atoms with Crippen LogP contribution in [0.15, 0.2) is 12.7 Å². The van der Waals surface area contributed by atoms with E-state index in [2.05, 4.69) is 6.58 Å². The van der Waals surface area contributed by atoms with E-state index in [4.69, 9.17) is 23.3 Å². The Hall–Kier alpha value is -0.550. The van der Waals surface area contributed by atoms with Crippen molar-refractivity contribution in [1.29, 1.82) is 0 Å². The van der Waals surface area contributed by atoms with Crippen molar-refractivity contribution in [2.24, 2.45) is 0 Å². The summed E-state index contributed by atoms with van der Waals surface area (Å²) in [5, 5.41) is 69.9. The fraction of sp³-hybridized carbons (Fsp3) is 0.909. The number of allylic oxidation sites excluding steroid dienone is 1. The maximum absolute atomic E-state index is 12.3. The Bertz CT molecular complexity index is 709. The molecule has 15 heteroatoms. The fourth-order valence-electron chi connectivity index (χ4n) is 4.08. The third-order valence-electron chi connectivity index (χ3n) is 6.25. The van der Waals surface area contributed by atoms with Crippen LogP contribution in [-0.2, 0) is 27.8 Å². The number of hydrogen-bond acceptors (Lipinski definition) is 13. The summed E-state index contributed by atoms with van der Waals surface area (Å²) in [4.78, 5) is 10.0. The van der Waals surface area contributed by atoms with E-state index >= 15 is 0 Å². The first kappa shape index (κ1) is 32.7. The molecule has 0 aromatic rings. The standard InChI is InChI=1S/C22H41O14P/c1-2-3-4-5-6-7-8-9-10-32-37(30,31)36-22-19(29)17(27)20(14(12-24)34-22)35-21-18(28)16(26)15(25)13(11-23)33-21/h2,13-29H,1,3-12H2,(H,30,31)/t13-,14-,15+,16+,17+,18-,19+,20-,21+,22-/m1/s1. The lowest BCUT2D eigenvalue weighted by atomic mass is 9.97. The highest BCUT2D eigenvalue weighted by Gasteiger charge is 2.51. The van der Waals surface area contributed by atoms with Crippen molar-refractivity contribution in [3.63, 3.8) is 0 Å². The topological polar surface area (TPSA) is 225 Å². The molecule has 11 atom stereocenters. The van der Waals surface area contributed by atoms with E-state index in [-0.39, 0.29) is 6.61 Å². The molecule has 37 heavy (non-hydrogen) atoms. The van der Waals surface area contributed by atoms with Gasteiger partial charge >= 0.3 is 7.82 Å². The second-order valence-corrected chi connectivity index (χ2v) is 10.5. The number of aliphatic hydroxyl groups is 7. The van der Waals surface area contributed by atoms with Crippen molar-refractivity contribution >= 4 is 7.82 Å². The highest BCUT2D eigenvalue weighted by atomic mass is 31.2. The van der Waals surface area contributed by atoms with Gasteiger partial charge in [-0.2, -0.15) is 0 Å². The van der Waals surface area contributed by atoms with Gasteiger partial charge in [-0.05, 0) is 19.3 Å². The van der Waals surface area contributed by atoms with Gasteiger partial charge in [0.05, 0.1) is 19.8 Å². The van der Waals surface area contributed by atoms with Crippen molar-refractivity contribution in [2.75, 3.05) is 19.8 Å². The lowest BCUT2D eigenvalue weighted by Gasteiger charge is -2.45. The number of unbranched alkanes of at least 4 members (excludes halogenated alkanes) is 6. The number of aliphatic hydroxyl groups excluding tert-OH is 7. The third-order valence-corrected chi connectivity index (χ3v) is 7.24. The van der Waals surface area contributed by atoms with Crippen LogP contribution in [-0.4, -0.2) is 122 Å². The van der Waals surface area contributed by atoms with E-state index in [0.717, 1.165) is 38.5 Å². The van der Waals surface area contributed by atoms with Gasteiger partial charge in [0, 0.05) is 0 Å². The van der Waals surface area contributed by atoms with Crippen LogP contribution in [0.25, 0.3) is 0 Å². The zero-order valence-electron chi connectivity index (χ0n) is 20.6. The van der Waals surface area contributed by atoms with Crippen LogP contribution in [0.2, 0.25) is 0 Å². The predicted molar refractivity (Wildman–Crippen MR) is 126 cm³/mol. The molecule has 1 unspecified atom stereocenters. The van der Waals surface area contributed by atoms with Gasteiger partial charge in [0.2, 0.25) is 0 Å². The Morgan fingerprint density at radius 1 is 0.757 bits per heavy atom. The number of ether oxygens (including phenoxy) is 3. The summed E-state index contributed by atoms with van der Waals surface area (Å²) in [5.74, 6) is 0.